The van der Waals surface area contributed by atoms with Gasteiger partial charge >= 0.3 is 0 Å². The highest BCUT2D eigenvalue weighted by Gasteiger charge is 2.42. The standard InChI is InChI=1S/C24H20ClN5S/c1-16-7-10-18(11-8-16)30-23(22(28-24(30)31)19-5-2-3-13-26-19)20-6-4-14-29(20)21-12-9-17(25)15-27-21/h2-15,22-23H,1H3,(H,28,31)/t22-,23+/m0/s1. The minimum atomic E-state index is -0.115. The van der Waals surface area contributed by atoms with Crippen molar-refractivity contribution in [3.63, 3.8) is 0 Å². The van der Waals surface area contributed by atoms with Gasteiger partial charge in [0.05, 0.1) is 16.8 Å². The summed E-state index contributed by atoms with van der Waals surface area (Å²) in [5.74, 6) is 0.797. The molecular weight excluding hydrogens is 426 g/mol. The molecule has 1 saturated heterocycles. The average Bonchev–Trinajstić information content (AvgIpc) is 3.40. The highest BCUT2D eigenvalue weighted by molar-refractivity contribution is 7.80. The molecule has 1 aromatic carbocycles. The highest BCUT2D eigenvalue weighted by atomic mass is 35.5. The molecule has 0 amide bonds. The Morgan fingerprint density at radius 1 is 0.968 bits per heavy atom. The molecule has 1 aliphatic rings. The fourth-order valence-electron chi connectivity index (χ4n) is 3.99. The Labute approximate surface area is 191 Å². The van der Waals surface area contributed by atoms with E-state index < -0.39 is 0 Å². The van der Waals surface area contributed by atoms with Gasteiger partial charge in [-0.05, 0) is 67.7 Å². The minimum absolute atomic E-state index is 0.113. The maximum atomic E-state index is 6.06. The van der Waals surface area contributed by atoms with E-state index in [9.17, 15) is 0 Å². The number of anilines is 1. The molecule has 0 saturated carbocycles. The largest absolute Gasteiger partial charge is 0.351 e. The van der Waals surface area contributed by atoms with E-state index in [4.69, 9.17) is 23.8 Å². The quantitative estimate of drug-likeness (QED) is 0.426. The van der Waals surface area contributed by atoms with Crippen LogP contribution in [0.1, 0.15) is 29.0 Å². The molecule has 1 N–H and O–H groups in total. The molecule has 5 rings (SSSR count). The van der Waals surface area contributed by atoms with Gasteiger partial charge in [-0.3, -0.25) is 4.98 Å². The lowest BCUT2D eigenvalue weighted by Gasteiger charge is -2.29. The Bertz CT molecular complexity index is 1200. The van der Waals surface area contributed by atoms with Gasteiger partial charge in [0.2, 0.25) is 0 Å². The molecule has 1 fully saturated rings. The van der Waals surface area contributed by atoms with Gasteiger partial charge in [-0.15, -0.1) is 0 Å². The van der Waals surface area contributed by atoms with Crippen LogP contribution >= 0.6 is 23.8 Å². The van der Waals surface area contributed by atoms with Gasteiger partial charge in [0.1, 0.15) is 11.9 Å². The fourth-order valence-corrected chi connectivity index (χ4v) is 4.45. The summed E-state index contributed by atoms with van der Waals surface area (Å²) in [5, 5.41) is 4.77. The fraction of sp³-hybridized carbons (Fsp3) is 0.125. The lowest BCUT2D eigenvalue weighted by Crippen LogP contribution is -2.30. The van der Waals surface area contributed by atoms with Gasteiger partial charge < -0.3 is 14.8 Å². The van der Waals surface area contributed by atoms with Crippen molar-refractivity contribution >= 4 is 34.6 Å². The number of pyridine rings is 2. The van der Waals surface area contributed by atoms with Crippen molar-refractivity contribution in [1.82, 2.24) is 19.9 Å². The van der Waals surface area contributed by atoms with Crippen molar-refractivity contribution in [2.24, 2.45) is 0 Å². The Morgan fingerprint density at radius 3 is 2.52 bits per heavy atom. The molecule has 5 nitrogen and oxygen atoms in total. The molecule has 0 bridgehead atoms. The van der Waals surface area contributed by atoms with Crippen LogP contribution in [0.15, 0.2) is 85.3 Å². The second kappa shape index (κ2) is 8.13. The summed E-state index contributed by atoms with van der Waals surface area (Å²) in [6.07, 6.45) is 5.48. The van der Waals surface area contributed by atoms with Crippen LogP contribution in [0.3, 0.4) is 0 Å². The maximum Gasteiger partial charge on any atom is 0.174 e. The Morgan fingerprint density at radius 2 is 1.81 bits per heavy atom. The first-order valence-electron chi connectivity index (χ1n) is 9.98. The van der Waals surface area contributed by atoms with Crippen molar-refractivity contribution in [2.75, 3.05) is 4.90 Å². The van der Waals surface area contributed by atoms with Crippen molar-refractivity contribution in [3.05, 3.63) is 107 Å². The number of halogens is 1. The number of nitrogens with one attached hydrogen (secondary N) is 1. The Balaban J connectivity index is 1.66. The summed E-state index contributed by atoms with van der Waals surface area (Å²) in [5.41, 5.74) is 4.22. The third kappa shape index (κ3) is 3.69. The van der Waals surface area contributed by atoms with E-state index in [0.29, 0.717) is 10.1 Å². The Kier molecular flexibility index (Phi) is 5.18. The van der Waals surface area contributed by atoms with Crippen molar-refractivity contribution < 1.29 is 0 Å². The maximum absolute atomic E-state index is 6.06. The molecule has 3 aromatic heterocycles. The van der Waals surface area contributed by atoms with Gasteiger partial charge in [0.15, 0.2) is 5.11 Å². The van der Waals surface area contributed by atoms with Gasteiger partial charge in [-0.1, -0.05) is 35.4 Å². The van der Waals surface area contributed by atoms with Crippen LogP contribution in [-0.2, 0) is 0 Å². The number of aryl methyl sites for hydroxylation is 1. The summed E-state index contributed by atoms with van der Waals surface area (Å²) in [7, 11) is 0. The number of hydrogen-bond donors (Lipinski definition) is 1. The topological polar surface area (TPSA) is 46.0 Å². The van der Waals surface area contributed by atoms with E-state index in [0.717, 1.165) is 22.9 Å². The van der Waals surface area contributed by atoms with Gasteiger partial charge in [-0.25, -0.2) is 4.98 Å². The first kappa shape index (κ1) is 19.7. The van der Waals surface area contributed by atoms with E-state index in [2.05, 4.69) is 62.0 Å². The number of aromatic nitrogens is 3. The second-order valence-electron chi connectivity index (χ2n) is 7.47. The molecule has 4 aromatic rings. The number of benzene rings is 1. The van der Waals surface area contributed by atoms with Gasteiger partial charge in [0.25, 0.3) is 0 Å². The molecule has 154 valence electrons. The molecule has 0 radical (unpaired) electrons. The molecule has 0 spiro atoms. The highest BCUT2D eigenvalue weighted by Crippen LogP contribution is 2.42. The summed E-state index contributed by atoms with van der Waals surface area (Å²) in [4.78, 5) is 11.3. The van der Waals surface area contributed by atoms with Crippen LogP contribution in [0.2, 0.25) is 5.02 Å². The summed E-state index contributed by atoms with van der Waals surface area (Å²) < 4.78 is 2.08. The SMILES string of the molecule is Cc1ccc(N2C(=S)N[C@@H](c3ccccn3)[C@H]2c2cccn2-c2ccc(Cl)cn2)cc1. The molecule has 4 heterocycles. The lowest BCUT2D eigenvalue weighted by atomic mass is 10.0. The predicted molar refractivity (Wildman–Crippen MR) is 128 cm³/mol. The molecule has 0 aliphatic carbocycles. The molecule has 31 heavy (non-hydrogen) atoms. The van der Waals surface area contributed by atoms with Crippen molar-refractivity contribution in [3.8, 4) is 5.82 Å². The van der Waals surface area contributed by atoms with E-state index in [1.54, 1.807) is 6.20 Å². The van der Waals surface area contributed by atoms with E-state index in [-0.39, 0.29) is 12.1 Å². The number of rotatable bonds is 4. The van der Waals surface area contributed by atoms with Crippen LogP contribution in [0, 0.1) is 6.92 Å². The third-order valence-electron chi connectivity index (χ3n) is 5.45. The molecule has 0 unspecified atom stereocenters. The molecule has 1 aliphatic heterocycles. The zero-order valence-electron chi connectivity index (χ0n) is 16.8. The summed E-state index contributed by atoms with van der Waals surface area (Å²) >= 11 is 11.9. The normalized spacial score (nSPS) is 18.3. The molecule has 7 heteroatoms. The molecular formula is C24H20ClN5S. The van der Waals surface area contributed by atoms with Crippen LogP contribution < -0.4 is 10.2 Å². The smallest absolute Gasteiger partial charge is 0.174 e. The first-order valence-corrected chi connectivity index (χ1v) is 10.8. The third-order valence-corrected chi connectivity index (χ3v) is 5.99. The summed E-state index contributed by atoms with van der Waals surface area (Å²) in [6.45, 7) is 2.08. The number of nitrogens with zero attached hydrogens (tertiary/aromatic N) is 4. The van der Waals surface area contributed by atoms with E-state index in [1.807, 2.05) is 48.8 Å². The number of thiocarbonyl (C=S) groups is 1. The lowest BCUT2D eigenvalue weighted by molar-refractivity contribution is 0.548. The minimum Gasteiger partial charge on any atom is -0.351 e. The molecule has 2 atom stereocenters. The first-order chi connectivity index (χ1) is 15.1. The van der Waals surface area contributed by atoms with Gasteiger partial charge in [0, 0.05) is 30.0 Å². The monoisotopic (exact) mass is 445 g/mol. The number of hydrogen-bond acceptors (Lipinski definition) is 3. The summed E-state index contributed by atoms with van der Waals surface area (Å²) in [6, 6.07) is 22.0. The predicted octanol–water partition coefficient (Wildman–Crippen LogP) is 5.41. The second-order valence-corrected chi connectivity index (χ2v) is 8.29. The average molecular weight is 446 g/mol. The van der Waals surface area contributed by atoms with E-state index >= 15 is 0 Å². The van der Waals surface area contributed by atoms with Gasteiger partial charge in [-0.2, -0.15) is 0 Å². The zero-order chi connectivity index (χ0) is 21.4. The van der Waals surface area contributed by atoms with Crippen LogP contribution in [-0.4, -0.2) is 19.6 Å². The van der Waals surface area contributed by atoms with Crippen molar-refractivity contribution in [2.45, 2.75) is 19.0 Å². The van der Waals surface area contributed by atoms with Crippen LogP contribution in [0.25, 0.3) is 5.82 Å². The van der Waals surface area contributed by atoms with E-state index in [1.165, 1.54) is 5.56 Å². The zero-order valence-corrected chi connectivity index (χ0v) is 18.4. The Hall–Kier alpha value is -3.22. The van der Waals surface area contributed by atoms with Crippen molar-refractivity contribution in [1.29, 1.82) is 0 Å². The van der Waals surface area contributed by atoms with Crippen LogP contribution in [0.4, 0.5) is 5.69 Å². The van der Waals surface area contributed by atoms with Crippen LogP contribution in [0.5, 0.6) is 0 Å².